The maximum Gasteiger partial charge on any atom is 0.327 e. The third kappa shape index (κ3) is 3.79. The predicted molar refractivity (Wildman–Crippen MR) is 117 cm³/mol. The molecular weight excluding hydrogens is 416 g/mol. The van der Waals surface area contributed by atoms with E-state index in [2.05, 4.69) is 10.3 Å². The van der Waals surface area contributed by atoms with Crippen molar-refractivity contribution in [3.8, 4) is 11.5 Å². The van der Waals surface area contributed by atoms with Crippen molar-refractivity contribution >= 4 is 34.1 Å². The Balaban J connectivity index is 1.26. The molecule has 2 aromatic carbocycles. The summed E-state index contributed by atoms with van der Waals surface area (Å²) in [4.78, 5) is 34.0. The van der Waals surface area contributed by atoms with Crippen LogP contribution in [-0.4, -0.2) is 42.1 Å². The van der Waals surface area contributed by atoms with Gasteiger partial charge in [-0.3, -0.25) is 9.69 Å². The van der Waals surface area contributed by atoms with E-state index in [9.17, 15) is 9.59 Å². The highest BCUT2D eigenvalue weighted by molar-refractivity contribution is 7.16. The molecule has 0 aliphatic carbocycles. The molecule has 0 spiro atoms. The zero-order chi connectivity index (χ0) is 21.4. The number of ether oxygens (including phenoxy) is 2. The molecule has 5 rings (SSSR count). The van der Waals surface area contributed by atoms with Crippen LogP contribution in [0.3, 0.4) is 0 Å². The Kier molecular flexibility index (Phi) is 4.95. The largest absolute Gasteiger partial charge is 0.486 e. The summed E-state index contributed by atoms with van der Waals surface area (Å²) in [6.07, 6.45) is 0. The standard InChI is InChI=1S/C22H20N4O4S/c1-25(21(28)23-15-7-8-16-17(11-15)30-10-9-29-16)22-24-19-18(31-22)13-26(20(19)27)12-14-5-3-2-4-6-14/h2-8,11H,9-10,12-13H2,1H3,(H,23,28). The van der Waals surface area contributed by atoms with Crippen LogP contribution in [0, 0.1) is 0 Å². The number of nitrogens with zero attached hydrogens (tertiary/aromatic N) is 3. The zero-order valence-electron chi connectivity index (χ0n) is 16.8. The predicted octanol–water partition coefficient (Wildman–Crippen LogP) is 3.74. The van der Waals surface area contributed by atoms with E-state index in [1.807, 2.05) is 30.3 Å². The Morgan fingerprint density at radius 1 is 1.16 bits per heavy atom. The molecule has 0 saturated carbocycles. The average Bonchev–Trinajstić information content (AvgIpc) is 3.33. The first-order chi connectivity index (χ1) is 15.1. The molecule has 1 aromatic heterocycles. The molecule has 0 radical (unpaired) electrons. The van der Waals surface area contributed by atoms with Crippen LogP contribution in [0.15, 0.2) is 48.5 Å². The fraction of sp³-hybridized carbons (Fsp3) is 0.227. The van der Waals surface area contributed by atoms with Gasteiger partial charge in [-0.15, -0.1) is 0 Å². The number of rotatable bonds is 4. The molecule has 0 saturated heterocycles. The summed E-state index contributed by atoms with van der Waals surface area (Å²) in [7, 11) is 1.63. The summed E-state index contributed by atoms with van der Waals surface area (Å²) in [6.45, 7) is 2.03. The van der Waals surface area contributed by atoms with Gasteiger partial charge in [0.05, 0.1) is 11.4 Å². The molecule has 31 heavy (non-hydrogen) atoms. The van der Waals surface area contributed by atoms with E-state index >= 15 is 0 Å². The lowest BCUT2D eigenvalue weighted by Crippen LogP contribution is -2.31. The van der Waals surface area contributed by atoms with Crippen molar-refractivity contribution in [1.82, 2.24) is 9.88 Å². The zero-order valence-corrected chi connectivity index (χ0v) is 17.6. The van der Waals surface area contributed by atoms with Crippen molar-refractivity contribution < 1.29 is 19.1 Å². The van der Waals surface area contributed by atoms with Gasteiger partial charge in [0.1, 0.15) is 18.9 Å². The number of hydrogen-bond acceptors (Lipinski definition) is 6. The van der Waals surface area contributed by atoms with Crippen LogP contribution in [0.5, 0.6) is 11.5 Å². The molecule has 2 aliphatic rings. The molecule has 2 aliphatic heterocycles. The minimum Gasteiger partial charge on any atom is -0.486 e. The fourth-order valence-corrected chi connectivity index (χ4v) is 4.53. The molecule has 3 amide bonds. The molecule has 0 atom stereocenters. The topological polar surface area (TPSA) is 84.0 Å². The number of benzene rings is 2. The van der Waals surface area contributed by atoms with Crippen LogP contribution in [0.25, 0.3) is 0 Å². The minimum atomic E-state index is -0.349. The Labute approximate surface area is 183 Å². The summed E-state index contributed by atoms with van der Waals surface area (Å²) in [5.41, 5.74) is 2.09. The van der Waals surface area contributed by atoms with E-state index in [0.717, 1.165) is 10.4 Å². The second kappa shape index (κ2) is 7.92. The fourth-order valence-electron chi connectivity index (χ4n) is 3.50. The SMILES string of the molecule is CN(C(=O)Nc1ccc2c(c1)OCCO2)c1nc2c(s1)CN(Cc1ccccc1)C2=O. The van der Waals surface area contributed by atoms with Gasteiger partial charge >= 0.3 is 6.03 Å². The first kappa shape index (κ1) is 19.4. The van der Waals surface area contributed by atoms with Gasteiger partial charge in [0.2, 0.25) is 0 Å². The van der Waals surface area contributed by atoms with Crippen molar-refractivity contribution in [2.75, 3.05) is 30.5 Å². The highest BCUT2D eigenvalue weighted by Crippen LogP contribution is 2.35. The molecule has 3 aromatic rings. The van der Waals surface area contributed by atoms with Gasteiger partial charge in [-0.05, 0) is 17.7 Å². The summed E-state index contributed by atoms with van der Waals surface area (Å²) in [6, 6.07) is 14.8. The number of amides is 3. The molecule has 0 bridgehead atoms. The highest BCUT2D eigenvalue weighted by atomic mass is 32.1. The molecule has 0 fully saturated rings. The van der Waals surface area contributed by atoms with Crippen molar-refractivity contribution in [3.63, 3.8) is 0 Å². The van der Waals surface area contributed by atoms with E-state index in [0.29, 0.717) is 54.3 Å². The van der Waals surface area contributed by atoms with Gasteiger partial charge < -0.3 is 19.7 Å². The molecule has 3 heterocycles. The number of nitrogens with one attached hydrogen (secondary N) is 1. The lowest BCUT2D eigenvalue weighted by atomic mass is 10.2. The number of hydrogen-bond donors (Lipinski definition) is 1. The van der Waals surface area contributed by atoms with Crippen LogP contribution in [0.1, 0.15) is 20.9 Å². The van der Waals surface area contributed by atoms with Crippen molar-refractivity contribution in [2.45, 2.75) is 13.1 Å². The second-order valence-electron chi connectivity index (χ2n) is 7.26. The highest BCUT2D eigenvalue weighted by Gasteiger charge is 2.33. The minimum absolute atomic E-state index is 0.109. The average molecular weight is 436 g/mol. The summed E-state index contributed by atoms with van der Waals surface area (Å²) in [5.74, 6) is 1.15. The van der Waals surface area contributed by atoms with Crippen molar-refractivity contribution in [2.24, 2.45) is 0 Å². The first-order valence-corrected chi connectivity index (χ1v) is 10.7. The molecule has 158 valence electrons. The summed E-state index contributed by atoms with van der Waals surface area (Å²) < 4.78 is 11.1. The van der Waals surface area contributed by atoms with Crippen LogP contribution >= 0.6 is 11.3 Å². The number of aromatic nitrogens is 1. The molecule has 1 N–H and O–H groups in total. The molecule has 9 heteroatoms. The van der Waals surface area contributed by atoms with Crippen LogP contribution in [0.2, 0.25) is 0 Å². The van der Waals surface area contributed by atoms with Gasteiger partial charge in [0.25, 0.3) is 5.91 Å². The number of anilines is 2. The molecule has 8 nitrogen and oxygen atoms in total. The number of urea groups is 1. The van der Waals surface area contributed by atoms with Gasteiger partial charge in [0.15, 0.2) is 16.6 Å². The van der Waals surface area contributed by atoms with E-state index in [4.69, 9.17) is 9.47 Å². The van der Waals surface area contributed by atoms with Gasteiger partial charge in [-0.1, -0.05) is 41.7 Å². The van der Waals surface area contributed by atoms with Crippen molar-refractivity contribution in [1.29, 1.82) is 0 Å². The van der Waals surface area contributed by atoms with Gasteiger partial charge in [-0.25, -0.2) is 9.78 Å². The summed E-state index contributed by atoms with van der Waals surface area (Å²) >= 11 is 1.36. The number of carbonyl (C=O) groups is 2. The summed E-state index contributed by atoms with van der Waals surface area (Å²) in [5, 5.41) is 3.31. The normalized spacial score (nSPS) is 14.4. The first-order valence-electron chi connectivity index (χ1n) is 9.86. The number of fused-ring (bicyclic) bond motifs is 2. The monoisotopic (exact) mass is 436 g/mol. The van der Waals surface area contributed by atoms with E-state index in [-0.39, 0.29) is 11.9 Å². The van der Waals surface area contributed by atoms with Crippen LogP contribution < -0.4 is 19.7 Å². The number of thiazole rings is 1. The molecular formula is C22H20N4O4S. The lowest BCUT2D eigenvalue weighted by molar-refractivity contribution is 0.0762. The third-order valence-electron chi connectivity index (χ3n) is 5.11. The maximum absolute atomic E-state index is 12.8. The Bertz CT molecular complexity index is 1150. The second-order valence-corrected chi connectivity index (χ2v) is 8.32. The third-order valence-corrected chi connectivity index (χ3v) is 6.23. The lowest BCUT2D eigenvalue weighted by Gasteiger charge is -2.20. The smallest absolute Gasteiger partial charge is 0.327 e. The Hall–Kier alpha value is -3.59. The van der Waals surface area contributed by atoms with E-state index in [1.54, 1.807) is 30.1 Å². The van der Waals surface area contributed by atoms with Gasteiger partial charge in [-0.2, -0.15) is 0 Å². The maximum atomic E-state index is 12.8. The van der Waals surface area contributed by atoms with Gasteiger partial charge in [0, 0.05) is 25.3 Å². The van der Waals surface area contributed by atoms with Crippen LogP contribution in [-0.2, 0) is 13.1 Å². The van der Waals surface area contributed by atoms with E-state index < -0.39 is 0 Å². The van der Waals surface area contributed by atoms with Crippen molar-refractivity contribution in [3.05, 3.63) is 64.7 Å². The van der Waals surface area contributed by atoms with Crippen LogP contribution in [0.4, 0.5) is 15.6 Å². The Morgan fingerprint density at radius 2 is 1.94 bits per heavy atom. The number of carbonyl (C=O) groups excluding carboxylic acids is 2. The van der Waals surface area contributed by atoms with E-state index in [1.165, 1.54) is 16.2 Å². The Morgan fingerprint density at radius 3 is 2.71 bits per heavy atom. The quantitative estimate of drug-likeness (QED) is 0.674. The molecule has 0 unspecified atom stereocenters.